The van der Waals surface area contributed by atoms with Crippen LogP contribution in [0.15, 0.2) is 52.8 Å². The van der Waals surface area contributed by atoms with Crippen molar-refractivity contribution in [1.82, 2.24) is 35.8 Å². The number of piperidine rings is 2. The number of nitrogens with one attached hydrogen (secondary N) is 5. The van der Waals surface area contributed by atoms with Crippen LogP contribution < -0.4 is 26.3 Å². The molecular formula is C46H59F2N11O5. The lowest BCUT2D eigenvalue weighted by atomic mass is 9.91. The molecule has 2 aromatic carbocycles. The van der Waals surface area contributed by atoms with E-state index in [0.29, 0.717) is 111 Å². The van der Waals surface area contributed by atoms with E-state index < -0.39 is 24.6 Å². The first-order valence-corrected chi connectivity index (χ1v) is 22.5. The summed E-state index contributed by atoms with van der Waals surface area (Å²) < 4.78 is 29.2. The molecule has 64 heavy (non-hydrogen) atoms. The smallest absolute Gasteiger partial charge is 0.264 e. The van der Waals surface area contributed by atoms with Crippen LogP contribution in [-0.2, 0) is 25.6 Å². The number of alkyl halides is 2. The SMILES string of the molecule is CC(=O)N1CCC(NC2CCN(C(=O)CCCCNc3cccc4c3C(O)N(C3CCC(=O)NC3=O)C(C)=N4)CC2)=C(C(=N)N2CCCc3cc(C4=CN(C)NC4)c(C(F)F)cc32)C1. The van der Waals surface area contributed by atoms with Gasteiger partial charge in [0.2, 0.25) is 23.6 Å². The van der Waals surface area contributed by atoms with E-state index in [2.05, 4.69) is 26.4 Å². The first kappa shape index (κ1) is 44.7. The molecule has 6 N–H and O–H groups in total. The van der Waals surface area contributed by atoms with Gasteiger partial charge in [-0.3, -0.25) is 29.9 Å². The van der Waals surface area contributed by atoms with Crippen LogP contribution in [0.25, 0.3) is 5.57 Å². The Bertz CT molecular complexity index is 2290. The number of imide groups is 1. The van der Waals surface area contributed by atoms with Gasteiger partial charge in [0, 0.05) is 119 Å². The quantitative estimate of drug-likeness (QED) is 0.0753. The van der Waals surface area contributed by atoms with Crippen LogP contribution in [0.3, 0.4) is 0 Å². The molecule has 6 aliphatic rings. The monoisotopic (exact) mass is 883 g/mol. The second-order valence-corrected chi connectivity index (χ2v) is 17.5. The van der Waals surface area contributed by atoms with Crippen molar-refractivity contribution in [2.24, 2.45) is 4.99 Å². The van der Waals surface area contributed by atoms with Gasteiger partial charge in [-0.15, -0.1) is 0 Å². The second kappa shape index (κ2) is 19.1. The summed E-state index contributed by atoms with van der Waals surface area (Å²) in [7, 11) is 1.84. The van der Waals surface area contributed by atoms with E-state index >= 15 is 0 Å². The fraction of sp³-hybridized carbons (Fsp3) is 0.522. The van der Waals surface area contributed by atoms with Gasteiger partial charge < -0.3 is 40.3 Å². The molecule has 0 radical (unpaired) electrons. The van der Waals surface area contributed by atoms with Crippen LogP contribution in [0, 0.1) is 5.41 Å². The molecule has 0 spiro atoms. The summed E-state index contributed by atoms with van der Waals surface area (Å²) in [5.74, 6) is -0.0607. The van der Waals surface area contributed by atoms with Crippen LogP contribution in [0.1, 0.15) is 107 Å². The van der Waals surface area contributed by atoms with Crippen LogP contribution in [0.4, 0.5) is 25.8 Å². The summed E-state index contributed by atoms with van der Waals surface area (Å²) in [5.41, 5.74) is 9.39. The maximum atomic E-state index is 14.6. The number of aryl methyl sites for hydroxylation is 1. The highest BCUT2D eigenvalue weighted by atomic mass is 19.3. The Morgan fingerprint density at radius 1 is 1.03 bits per heavy atom. The van der Waals surface area contributed by atoms with Gasteiger partial charge in [0.1, 0.15) is 17.7 Å². The van der Waals surface area contributed by atoms with Gasteiger partial charge in [-0.25, -0.2) is 19.2 Å². The molecule has 2 saturated heterocycles. The van der Waals surface area contributed by atoms with Gasteiger partial charge in [-0.05, 0) is 92.8 Å². The molecule has 6 heterocycles. The van der Waals surface area contributed by atoms with Gasteiger partial charge in [0.25, 0.3) is 6.43 Å². The number of nitrogens with zero attached hydrogens (tertiary/aromatic N) is 6. The number of likely N-dealkylation sites (tertiary alicyclic amines) is 1. The van der Waals surface area contributed by atoms with Crippen molar-refractivity contribution in [3.63, 3.8) is 0 Å². The van der Waals surface area contributed by atoms with Gasteiger partial charge in [-0.1, -0.05) is 6.07 Å². The number of halogens is 2. The number of amidine groups is 2. The standard InChI is InChI=1S/C46H59F2N11O5/c1-27-52-37-10-6-9-36(42(37)46(64)59(27)38-12-13-40(61)54-45(38)63)50-17-5-4-11-41(62)56-19-14-31(15-20-56)53-35-16-21-57(28(2)60)26-34(35)44(49)58-18-7-8-29-22-32(30-24-51-55(3)25-30)33(43(47)48)23-39(29)58/h6,9-10,22-23,25,31,38,43,46,49-51,53,64H,4-5,7-8,11-21,24,26H2,1-3H3,(H,54,61,63). The maximum absolute atomic E-state index is 14.6. The Hall–Kier alpha value is -5.88. The van der Waals surface area contributed by atoms with Crippen LogP contribution in [0.2, 0.25) is 0 Å². The van der Waals surface area contributed by atoms with E-state index in [-0.39, 0.29) is 54.5 Å². The Labute approximate surface area is 372 Å². The highest BCUT2D eigenvalue weighted by Crippen LogP contribution is 2.41. The van der Waals surface area contributed by atoms with E-state index in [1.165, 1.54) is 6.92 Å². The third kappa shape index (κ3) is 9.34. The number of anilines is 2. The predicted octanol–water partition coefficient (Wildman–Crippen LogP) is 4.68. The van der Waals surface area contributed by atoms with E-state index in [0.717, 1.165) is 36.1 Å². The van der Waals surface area contributed by atoms with Crippen LogP contribution >= 0.6 is 0 Å². The second-order valence-electron chi connectivity index (χ2n) is 17.5. The van der Waals surface area contributed by atoms with Crippen molar-refractivity contribution < 1.29 is 33.1 Å². The topological polar surface area (TPSA) is 189 Å². The fourth-order valence-corrected chi connectivity index (χ4v) is 9.88. The molecule has 4 amide bonds. The molecule has 8 rings (SSSR count). The van der Waals surface area contributed by atoms with Crippen molar-refractivity contribution in [1.29, 1.82) is 5.41 Å². The van der Waals surface area contributed by atoms with Gasteiger partial charge in [0.05, 0.1) is 12.2 Å². The molecule has 6 aliphatic heterocycles. The lowest BCUT2D eigenvalue weighted by molar-refractivity contribution is -0.139. The first-order chi connectivity index (χ1) is 30.8. The summed E-state index contributed by atoms with van der Waals surface area (Å²) >= 11 is 0. The number of hydrazine groups is 1. The number of fused-ring (bicyclic) bond motifs is 2. The van der Waals surface area contributed by atoms with Crippen LogP contribution in [0.5, 0.6) is 0 Å². The third-order valence-corrected chi connectivity index (χ3v) is 13.3. The molecule has 2 aromatic rings. The Kier molecular flexibility index (Phi) is 13.3. The summed E-state index contributed by atoms with van der Waals surface area (Å²) in [4.78, 5) is 62.1. The summed E-state index contributed by atoms with van der Waals surface area (Å²) in [6.45, 7) is 6.72. The number of aliphatic imine (C=N–C) groups is 1. The molecule has 0 aliphatic carbocycles. The number of unbranched alkanes of at least 4 members (excludes halogenated alkanes) is 1. The maximum Gasteiger partial charge on any atom is 0.264 e. The number of rotatable bonds is 12. The number of hydrogen-bond donors (Lipinski definition) is 6. The van der Waals surface area contributed by atoms with Crippen LogP contribution in [-0.4, -0.2) is 125 Å². The lowest BCUT2D eigenvalue weighted by Gasteiger charge is -2.40. The lowest BCUT2D eigenvalue weighted by Crippen LogP contribution is -2.55. The van der Waals surface area contributed by atoms with Crippen molar-refractivity contribution in [2.45, 2.75) is 103 Å². The predicted molar refractivity (Wildman–Crippen MR) is 240 cm³/mol. The van der Waals surface area contributed by atoms with E-state index in [4.69, 9.17) is 0 Å². The van der Waals surface area contributed by atoms with Gasteiger partial charge in [-0.2, -0.15) is 0 Å². The van der Waals surface area contributed by atoms with Crippen molar-refractivity contribution in [2.75, 3.05) is 63.1 Å². The zero-order chi connectivity index (χ0) is 45.2. The first-order valence-electron chi connectivity index (χ1n) is 22.5. The minimum absolute atomic E-state index is 0.0560. The van der Waals surface area contributed by atoms with Gasteiger partial charge in [0.15, 0.2) is 6.23 Å². The normalized spacial score (nSPS) is 21.7. The fourth-order valence-electron chi connectivity index (χ4n) is 9.88. The highest BCUT2D eigenvalue weighted by molar-refractivity contribution is 6.09. The van der Waals surface area contributed by atoms with Crippen molar-refractivity contribution >= 4 is 57.9 Å². The average molecular weight is 884 g/mol. The molecular weight excluding hydrogens is 825 g/mol. The molecule has 342 valence electrons. The van der Waals surface area contributed by atoms with E-state index in [1.54, 1.807) is 27.8 Å². The molecule has 0 bridgehead atoms. The van der Waals surface area contributed by atoms with Gasteiger partial charge >= 0.3 is 0 Å². The average Bonchev–Trinajstić information content (AvgIpc) is 3.72. The molecule has 2 fully saturated rings. The number of amides is 4. The molecule has 18 heteroatoms. The summed E-state index contributed by atoms with van der Waals surface area (Å²) in [6, 6.07) is 8.30. The third-order valence-electron chi connectivity index (χ3n) is 13.3. The number of benzene rings is 2. The Morgan fingerprint density at radius 3 is 2.55 bits per heavy atom. The Morgan fingerprint density at radius 2 is 1.83 bits per heavy atom. The molecule has 2 atom stereocenters. The number of aliphatic hydroxyl groups is 1. The molecule has 0 saturated carbocycles. The number of hydrogen-bond acceptors (Lipinski definition) is 12. The Balaban J connectivity index is 0.858. The number of carbonyl (C=O) groups excluding carboxylic acids is 4. The molecule has 16 nitrogen and oxygen atoms in total. The van der Waals surface area contributed by atoms with Crippen molar-refractivity contribution in [3.8, 4) is 0 Å². The van der Waals surface area contributed by atoms with E-state index in [9.17, 15) is 38.5 Å². The summed E-state index contributed by atoms with van der Waals surface area (Å²) in [5, 5.41) is 32.3. The number of carbonyl (C=O) groups is 4. The highest BCUT2D eigenvalue weighted by Gasteiger charge is 2.40. The minimum atomic E-state index is -2.69. The zero-order valence-electron chi connectivity index (χ0n) is 36.8. The summed E-state index contributed by atoms with van der Waals surface area (Å²) in [6.07, 6.45) is 3.72. The molecule has 0 aromatic heterocycles. The zero-order valence-corrected chi connectivity index (χ0v) is 36.8. The molecule has 2 unspecified atom stereocenters. The largest absolute Gasteiger partial charge is 0.385 e. The van der Waals surface area contributed by atoms with Crippen molar-refractivity contribution in [3.05, 3.63) is 70.1 Å². The van der Waals surface area contributed by atoms with E-state index in [1.807, 2.05) is 47.3 Å². The minimum Gasteiger partial charge on any atom is -0.385 e. The number of aliphatic hydroxyl groups excluding tert-OH is 1.